The molecule has 6 nitrogen and oxygen atoms in total. The highest BCUT2D eigenvalue weighted by molar-refractivity contribution is 5.77. The molecule has 0 aromatic carbocycles. The molecule has 3 aliphatic rings. The largest absolute Gasteiger partial charge is 0.459 e. The number of ether oxygens (including phenoxy) is 1. The van der Waals surface area contributed by atoms with Gasteiger partial charge in [-0.1, -0.05) is 6.92 Å². The van der Waals surface area contributed by atoms with Gasteiger partial charge in [-0.2, -0.15) is 0 Å². The van der Waals surface area contributed by atoms with E-state index < -0.39 is 47.6 Å². The number of hydrogen-bond acceptors (Lipinski definition) is 6. The molecule has 0 unspecified atom stereocenters. The van der Waals surface area contributed by atoms with Crippen molar-refractivity contribution in [1.29, 1.82) is 0 Å². The smallest absolute Gasteiger partial charge is 0.310 e. The Kier molecular flexibility index (Phi) is 3.37. The van der Waals surface area contributed by atoms with Gasteiger partial charge in [-0.15, -0.1) is 0 Å². The zero-order chi connectivity index (χ0) is 15.6. The third-order valence-electron chi connectivity index (χ3n) is 6.41. The molecule has 1 heterocycles. The molecule has 4 N–H and O–H groups in total. The van der Waals surface area contributed by atoms with Crippen molar-refractivity contribution in [2.75, 3.05) is 13.2 Å². The van der Waals surface area contributed by atoms with Gasteiger partial charge in [-0.05, 0) is 31.6 Å². The second-order valence-electron chi connectivity index (χ2n) is 7.34. The summed E-state index contributed by atoms with van der Waals surface area (Å²) in [5.41, 5.74) is -2.06. The summed E-state index contributed by atoms with van der Waals surface area (Å²) < 4.78 is 5.35. The topological polar surface area (TPSA) is 107 Å². The molecule has 6 heteroatoms. The van der Waals surface area contributed by atoms with Crippen molar-refractivity contribution < 1.29 is 30.0 Å². The van der Waals surface area contributed by atoms with Gasteiger partial charge in [0.15, 0.2) is 0 Å². The Balaban J connectivity index is 2.05. The molecular formula is C15H24O6. The highest BCUT2D eigenvalue weighted by Crippen LogP contribution is 2.63. The quantitative estimate of drug-likeness (QED) is 0.513. The van der Waals surface area contributed by atoms with E-state index in [1.165, 1.54) is 6.92 Å². The first-order chi connectivity index (χ1) is 9.79. The summed E-state index contributed by atoms with van der Waals surface area (Å²) in [5.74, 6) is -1.75. The Hall–Kier alpha value is -0.690. The predicted octanol–water partition coefficient (Wildman–Crippen LogP) is -0.713. The van der Waals surface area contributed by atoms with E-state index in [0.717, 1.165) is 6.42 Å². The third kappa shape index (κ3) is 1.76. The van der Waals surface area contributed by atoms with Gasteiger partial charge in [-0.3, -0.25) is 4.79 Å². The zero-order valence-electron chi connectivity index (χ0n) is 12.4. The SMILES string of the molecule is C[C@@]12[C@H](CO)CC[C@H]1[C@H]1C(=O)O[C@H]([C@@H]1[C@@](C)(O)CO)[C@H]2O. The van der Waals surface area contributed by atoms with Crippen LogP contribution in [0.3, 0.4) is 0 Å². The summed E-state index contributed by atoms with van der Waals surface area (Å²) in [5, 5.41) is 40.3. The van der Waals surface area contributed by atoms with Crippen LogP contribution >= 0.6 is 0 Å². The van der Waals surface area contributed by atoms with Crippen LogP contribution in [0.2, 0.25) is 0 Å². The van der Waals surface area contributed by atoms with Crippen LogP contribution in [-0.4, -0.2) is 57.4 Å². The number of fused-ring (bicyclic) bond motifs is 4. The average Bonchev–Trinajstić information content (AvgIpc) is 2.94. The molecule has 21 heavy (non-hydrogen) atoms. The maximum absolute atomic E-state index is 12.3. The Bertz CT molecular complexity index is 449. The van der Waals surface area contributed by atoms with Gasteiger partial charge in [0.1, 0.15) is 6.10 Å². The molecule has 2 bridgehead atoms. The van der Waals surface area contributed by atoms with Crippen LogP contribution in [-0.2, 0) is 9.53 Å². The lowest BCUT2D eigenvalue weighted by molar-refractivity contribution is -0.181. The maximum Gasteiger partial charge on any atom is 0.310 e. The highest BCUT2D eigenvalue weighted by Gasteiger charge is 2.70. The molecule has 3 fully saturated rings. The minimum Gasteiger partial charge on any atom is -0.459 e. The molecule has 0 aromatic rings. The summed E-state index contributed by atoms with van der Waals surface area (Å²) in [4.78, 5) is 12.3. The van der Waals surface area contributed by atoms with Gasteiger partial charge >= 0.3 is 5.97 Å². The molecular weight excluding hydrogens is 276 g/mol. The number of aliphatic hydroxyl groups excluding tert-OH is 3. The number of hydrogen-bond donors (Lipinski definition) is 4. The summed E-state index contributed by atoms with van der Waals surface area (Å²) in [7, 11) is 0. The summed E-state index contributed by atoms with van der Waals surface area (Å²) >= 11 is 0. The molecule has 2 aliphatic carbocycles. The minimum atomic E-state index is -1.47. The Morgan fingerprint density at radius 2 is 2.05 bits per heavy atom. The van der Waals surface area contributed by atoms with Crippen molar-refractivity contribution in [2.24, 2.45) is 29.1 Å². The first-order valence-corrected chi connectivity index (χ1v) is 7.61. The molecule has 0 aromatic heterocycles. The number of aliphatic hydroxyl groups is 4. The van der Waals surface area contributed by atoms with E-state index in [-0.39, 0.29) is 18.4 Å². The molecule has 0 amide bonds. The molecule has 8 atom stereocenters. The average molecular weight is 300 g/mol. The van der Waals surface area contributed by atoms with Crippen LogP contribution in [0.25, 0.3) is 0 Å². The fourth-order valence-corrected chi connectivity index (χ4v) is 5.13. The van der Waals surface area contributed by atoms with Crippen LogP contribution in [0.1, 0.15) is 26.7 Å². The number of esters is 1. The van der Waals surface area contributed by atoms with Gasteiger partial charge < -0.3 is 25.2 Å². The van der Waals surface area contributed by atoms with Crippen molar-refractivity contribution in [2.45, 2.75) is 44.5 Å². The number of rotatable bonds is 3. The second kappa shape index (κ2) is 4.65. The molecule has 3 rings (SSSR count). The normalized spacial score (nSPS) is 51.4. The van der Waals surface area contributed by atoms with Gasteiger partial charge in [0.25, 0.3) is 0 Å². The molecule has 0 radical (unpaired) electrons. The van der Waals surface area contributed by atoms with Crippen LogP contribution in [0.5, 0.6) is 0 Å². The second-order valence-corrected chi connectivity index (χ2v) is 7.34. The molecule has 2 saturated carbocycles. The van der Waals surface area contributed by atoms with Crippen molar-refractivity contribution >= 4 is 5.97 Å². The lowest BCUT2D eigenvalue weighted by Crippen LogP contribution is -2.61. The summed E-state index contributed by atoms with van der Waals surface area (Å²) in [6, 6.07) is 0. The van der Waals surface area contributed by atoms with Gasteiger partial charge in [0.2, 0.25) is 0 Å². The lowest BCUT2D eigenvalue weighted by Gasteiger charge is -2.51. The zero-order valence-corrected chi connectivity index (χ0v) is 12.4. The highest BCUT2D eigenvalue weighted by atomic mass is 16.6. The van der Waals surface area contributed by atoms with Gasteiger partial charge in [-0.25, -0.2) is 0 Å². The monoisotopic (exact) mass is 300 g/mol. The van der Waals surface area contributed by atoms with E-state index in [4.69, 9.17) is 4.74 Å². The third-order valence-corrected chi connectivity index (χ3v) is 6.41. The van der Waals surface area contributed by atoms with E-state index in [9.17, 15) is 25.2 Å². The molecule has 0 spiro atoms. The van der Waals surface area contributed by atoms with Gasteiger partial charge in [0.05, 0.1) is 24.2 Å². The van der Waals surface area contributed by atoms with E-state index in [1.54, 1.807) is 0 Å². The standard InChI is InChI=1S/C15H24O6/c1-14(20,6-17)10-9-8-4-3-7(5-16)15(8,2)12(18)11(10)21-13(9)19/h7-12,16-18,20H,3-6H2,1-2H3/t7-,8-,9+,10+,11+,12+,14-,15+/m0/s1. The summed E-state index contributed by atoms with van der Waals surface area (Å²) in [6.07, 6.45) is -0.298. The fraction of sp³-hybridized carbons (Fsp3) is 0.933. The lowest BCUT2D eigenvalue weighted by atomic mass is 9.54. The first kappa shape index (κ1) is 15.2. The first-order valence-electron chi connectivity index (χ1n) is 7.61. The van der Waals surface area contributed by atoms with Crippen LogP contribution < -0.4 is 0 Å². The Morgan fingerprint density at radius 1 is 1.38 bits per heavy atom. The van der Waals surface area contributed by atoms with E-state index in [1.807, 2.05) is 6.92 Å². The van der Waals surface area contributed by atoms with E-state index in [2.05, 4.69) is 0 Å². The van der Waals surface area contributed by atoms with Gasteiger partial charge in [0, 0.05) is 17.9 Å². The fourth-order valence-electron chi connectivity index (χ4n) is 5.13. The minimum absolute atomic E-state index is 0.0290. The molecule has 120 valence electrons. The molecule has 1 aliphatic heterocycles. The van der Waals surface area contributed by atoms with Crippen molar-refractivity contribution in [3.05, 3.63) is 0 Å². The van der Waals surface area contributed by atoms with Crippen LogP contribution in [0.15, 0.2) is 0 Å². The van der Waals surface area contributed by atoms with Crippen molar-refractivity contribution in [1.82, 2.24) is 0 Å². The van der Waals surface area contributed by atoms with E-state index >= 15 is 0 Å². The van der Waals surface area contributed by atoms with Crippen molar-refractivity contribution in [3.8, 4) is 0 Å². The maximum atomic E-state index is 12.3. The summed E-state index contributed by atoms with van der Waals surface area (Å²) in [6.45, 7) is 2.87. The molecule has 1 saturated heterocycles. The van der Waals surface area contributed by atoms with Crippen LogP contribution in [0.4, 0.5) is 0 Å². The van der Waals surface area contributed by atoms with Crippen molar-refractivity contribution in [3.63, 3.8) is 0 Å². The predicted molar refractivity (Wildman–Crippen MR) is 72.0 cm³/mol. The number of carbonyl (C=O) groups excluding carboxylic acids is 1. The van der Waals surface area contributed by atoms with Crippen LogP contribution in [0, 0.1) is 29.1 Å². The Labute approximate surface area is 123 Å². The Morgan fingerprint density at radius 3 is 2.62 bits per heavy atom. The number of carbonyl (C=O) groups is 1. The van der Waals surface area contributed by atoms with E-state index in [0.29, 0.717) is 6.42 Å².